The minimum Gasteiger partial charge on any atom is -0.478 e. The molecule has 3 rings (SSSR count). The third-order valence-corrected chi connectivity index (χ3v) is 4.91. The molecular formula is C17H18BrN3O3. The molecule has 1 N–H and O–H groups in total. The van der Waals surface area contributed by atoms with Gasteiger partial charge in [-0.3, -0.25) is 9.48 Å². The van der Waals surface area contributed by atoms with Crippen LogP contribution in [-0.4, -0.2) is 44.8 Å². The van der Waals surface area contributed by atoms with Crippen molar-refractivity contribution in [2.75, 3.05) is 13.1 Å². The lowest BCUT2D eigenvalue weighted by Gasteiger charge is -2.32. The molecule has 24 heavy (non-hydrogen) atoms. The van der Waals surface area contributed by atoms with Crippen LogP contribution in [0.25, 0.3) is 0 Å². The summed E-state index contributed by atoms with van der Waals surface area (Å²) in [5, 5.41) is 13.3. The maximum atomic E-state index is 12.7. The van der Waals surface area contributed by atoms with E-state index in [0.717, 1.165) is 12.8 Å². The number of aromatic nitrogens is 2. The zero-order chi connectivity index (χ0) is 17.3. The number of hydrogen-bond acceptors (Lipinski definition) is 3. The highest BCUT2D eigenvalue weighted by Crippen LogP contribution is 2.28. The number of amides is 1. The van der Waals surface area contributed by atoms with Gasteiger partial charge in [0, 0.05) is 48.0 Å². The molecule has 0 saturated carbocycles. The van der Waals surface area contributed by atoms with Gasteiger partial charge in [-0.25, -0.2) is 4.79 Å². The summed E-state index contributed by atoms with van der Waals surface area (Å²) in [6.07, 6.45) is 3.55. The molecule has 2 aromatic rings. The van der Waals surface area contributed by atoms with Crippen molar-refractivity contribution in [1.29, 1.82) is 0 Å². The summed E-state index contributed by atoms with van der Waals surface area (Å²) in [4.78, 5) is 25.6. The molecule has 1 aliphatic rings. The maximum Gasteiger partial charge on any atom is 0.335 e. The third kappa shape index (κ3) is 3.36. The first-order valence-electron chi connectivity index (χ1n) is 7.77. The fraction of sp³-hybridized carbons (Fsp3) is 0.353. The Morgan fingerprint density at radius 2 is 1.88 bits per heavy atom. The van der Waals surface area contributed by atoms with E-state index in [4.69, 9.17) is 5.11 Å². The van der Waals surface area contributed by atoms with Gasteiger partial charge in [-0.15, -0.1) is 0 Å². The number of carboxylic acids is 1. The molecule has 0 bridgehead atoms. The van der Waals surface area contributed by atoms with Crippen LogP contribution in [0.5, 0.6) is 0 Å². The molecule has 6 nitrogen and oxygen atoms in total. The average molecular weight is 392 g/mol. The Bertz CT molecular complexity index is 779. The molecule has 0 spiro atoms. The summed E-state index contributed by atoms with van der Waals surface area (Å²) in [5.74, 6) is -0.763. The van der Waals surface area contributed by atoms with E-state index in [0.29, 0.717) is 29.0 Å². The lowest BCUT2D eigenvalue weighted by atomic mass is 9.93. The minimum atomic E-state index is -1.04. The second-order valence-corrected chi connectivity index (χ2v) is 6.90. The number of benzene rings is 1. The van der Waals surface area contributed by atoms with E-state index in [-0.39, 0.29) is 11.5 Å². The van der Waals surface area contributed by atoms with Gasteiger partial charge in [-0.05, 0) is 37.1 Å². The summed E-state index contributed by atoms with van der Waals surface area (Å²) in [6, 6.07) is 6.62. The van der Waals surface area contributed by atoms with Crippen molar-refractivity contribution in [3.8, 4) is 0 Å². The molecule has 0 aliphatic carbocycles. The molecule has 1 amide bonds. The van der Waals surface area contributed by atoms with Crippen LogP contribution in [0.15, 0.2) is 34.9 Å². The first-order chi connectivity index (χ1) is 11.5. The zero-order valence-corrected chi connectivity index (χ0v) is 14.9. The van der Waals surface area contributed by atoms with Crippen LogP contribution in [0.2, 0.25) is 0 Å². The van der Waals surface area contributed by atoms with Crippen molar-refractivity contribution >= 4 is 27.8 Å². The van der Waals surface area contributed by atoms with Crippen molar-refractivity contribution < 1.29 is 14.7 Å². The largest absolute Gasteiger partial charge is 0.478 e. The second-order valence-electron chi connectivity index (χ2n) is 5.98. The van der Waals surface area contributed by atoms with E-state index < -0.39 is 5.97 Å². The van der Waals surface area contributed by atoms with E-state index in [1.54, 1.807) is 17.2 Å². The molecule has 7 heteroatoms. The summed E-state index contributed by atoms with van der Waals surface area (Å²) in [5.41, 5.74) is 1.70. The van der Waals surface area contributed by atoms with Gasteiger partial charge >= 0.3 is 5.97 Å². The Morgan fingerprint density at radius 3 is 2.46 bits per heavy atom. The van der Waals surface area contributed by atoms with Gasteiger partial charge < -0.3 is 10.0 Å². The quantitative estimate of drug-likeness (QED) is 0.872. The van der Waals surface area contributed by atoms with Crippen LogP contribution in [0.3, 0.4) is 0 Å². The summed E-state index contributed by atoms with van der Waals surface area (Å²) in [7, 11) is 1.93. The van der Waals surface area contributed by atoms with E-state index in [2.05, 4.69) is 21.0 Å². The molecule has 1 aromatic carbocycles. The normalized spacial score (nSPS) is 15.5. The van der Waals surface area contributed by atoms with Gasteiger partial charge in [-0.2, -0.15) is 5.10 Å². The Morgan fingerprint density at radius 1 is 1.21 bits per heavy atom. The zero-order valence-electron chi connectivity index (χ0n) is 13.3. The molecule has 2 heterocycles. The number of carbonyl (C=O) groups excluding carboxylic acids is 1. The van der Waals surface area contributed by atoms with Gasteiger partial charge in [-0.1, -0.05) is 15.9 Å². The van der Waals surface area contributed by atoms with E-state index in [9.17, 15) is 9.59 Å². The summed E-state index contributed by atoms with van der Waals surface area (Å²) in [6.45, 7) is 1.31. The average Bonchev–Trinajstić information content (AvgIpc) is 2.99. The number of aromatic carboxylic acids is 1. The molecule has 1 aliphatic heterocycles. The van der Waals surface area contributed by atoms with Crippen LogP contribution < -0.4 is 0 Å². The Hall–Kier alpha value is -2.15. The van der Waals surface area contributed by atoms with Crippen LogP contribution in [0.1, 0.15) is 45.2 Å². The van der Waals surface area contributed by atoms with Crippen LogP contribution in [-0.2, 0) is 7.05 Å². The van der Waals surface area contributed by atoms with Crippen LogP contribution in [0.4, 0.5) is 0 Å². The van der Waals surface area contributed by atoms with Crippen molar-refractivity contribution in [3.05, 3.63) is 51.8 Å². The van der Waals surface area contributed by atoms with Gasteiger partial charge in [0.05, 0.1) is 5.56 Å². The highest BCUT2D eigenvalue weighted by molar-refractivity contribution is 9.10. The smallest absolute Gasteiger partial charge is 0.335 e. The molecule has 1 saturated heterocycles. The number of aryl methyl sites for hydroxylation is 1. The van der Waals surface area contributed by atoms with Gasteiger partial charge in [0.25, 0.3) is 5.91 Å². The predicted molar refractivity (Wildman–Crippen MR) is 92.2 cm³/mol. The maximum absolute atomic E-state index is 12.7. The van der Waals surface area contributed by atoms with Gasteiger partial charge in [0.15, 0.2) is 0 Å². The fourth-order valence-corrected chi connectivity index (χ4v) is 3.68. The number of rotatable bonds is 3. The van der Waals surface area contributed by atoms with Crippen molar-refractivity contribution in [1.82, 2.24) is 14.7 Å². The minimum absolute atomic E-state index is 0.109. The van der Waals surface area contributed by atoms with Crippen LogP contribution >= 0.6 is 15.9 Å². The summed E-state index contributed by atoms with van der Waals surface area (Å²) < 4.78 is 2.48. The molecule has 1 fully saturated rings. The van der Waals surface area contributed by atoms with E-state index in [1.165, 1.54) is 17.8 Å². The number of halogens is 1. The third-order valence-electron chi connectivity index (χ3n) is 4.45. The standard InChI is InChI=1S/C17H18BrN3O3/c1-20-15(2-5-19-20)11-3-6-21(7-4-11)16(22)12-8-13(17(23)24)10-14(18)9-12/h2,5,8-11H,3-4,6-7H2,1H3,(H,23,24). The number of nitrogens with zero attached hydrogens (tertiary/aromatic N) is 3. The molecule has 1 aromatic heterocycles. The van der Waals surface area contributed by atoms with E-state index in [1.807, 2.05) is 17.8 Å². The highest BCUT2D eigenvalue weighted by Gasteiger charge is 2.26. The lowest BCUT2D eigenvalue weighted by molar-refractivity contribution is 0.0696. The van der Waals surface area contributed by atoms with Crippen molar-refractivity contribution in [2.45, 2.75) is 18.8 Å². The SMILES string of the molecule is Cn1nccc1C1CCN(C(=O)c2cc(Br)cc(C(=O)O)c2)CC1. The number of hydrogen-bond donors (Lipinski definition) is 1. The Labute approximate surface area is 148 Å². The first kappa shape index (κ1) is 16.7. The number of piperidine rings is 1. The lowest BCUT2D eigenvalue weighted by Crippen LogP contribution is -2.38. The Balaban J connectivity index is 1.71. The number of carboxylic acid groups (broad SMARTS) is 1. The molecular weight excluding hydrogens is 374 g/mol. The van der Waals surface area contributed by atoms with E-state index >= 15 is 0 Å². The second kappa shape index (κ2) is 6.76. The van der Waals surface area contributed by atoms with Gasteiger partial charge in [0.2, 0.25) is 0 Å². The first-order valence-corrected chi connectivity index (χ1v) is 8.56. The van der Waals surface area contributed by atoms with Crippen molar-refractivity contribution in [2.24, 2.45) is 7.05 Å². The topological polar surface area (TPSA) is 75.4 Å². The van der Waals surface area contributed by atoms with Crippen molar-refractivity contribution in [3.63, 3.8) is 0 Å². The molecule has 126 valence electrons. The number of likely N-dealkylation sites (tertiary alicyclic amines) is 1. The number of carbonyl (C=O) groups is 2. The summed E-state index contributed by atoms with van der Waals surface area (Å²) >= 11 is 3.27. The van der Waals surface area contributed by atoms with Crippen LogP contribution in [0, 0.1) is 0 Å². The van der Waals surface area contributed by atoms with Gasteiger partial charge in [0.1, 0.15) is 0 Å². The monoisotopic (exact) mass is 391 g/mol. The highest BCUT2D eigenvalue weighted by atomic mass is 79.9. The molecule has 0 unspecified atom stereocenters. The fourth-order valence-electron chi connectivity index (χ4n) is 3.18. The molecule has 0 atom stereocenters. The molecule has 0 radical (unpaired) electrons. The predicted octanol–water partition coefficient (Wildman–Crippen LogP) is 2.90. The Kier molecular flexibility index (Phi) is 4.71.